The van der Waals surface area contributed by atoms with E-state index in [0.29, 0.717) is 12.1 Å². The molecule has 14 heavy (non-hydrogen) atoms. The number of carboxylic acid groups (broad SMARTS) is 1. The summed E-state index contributed by atoms with van der Waals surface area (Å²) in [6.45, 7) is 4.12. The first-order valence-electron chi connectivity index (χ1n) is 5.25. The molecule has 0 bridgehead atoms. The third-order valence-electron chi connectivity index (χ3n) is 2.89. The lowest BCUT2D eigenvalue weighted by molar-refractivity contribution is -0.137. The molecule has 4 nitrogen and oxygen atoms in total. The van der Waals surface area contributed by atoms with Crippen molar-refractivity contribution in [3.05, 3.63) is 0 Å². The van der Waals surface area contributed by atoms with Gasteiger partial charge in [0.25, 0.3) is 0 Å². The van der Waals surface area contributed by atoms with E-state index in [9.17, 15) is 4.79 Å². The monoisotopic (exact) mass is 200 g/mol. The fourth-order valence-corrected chi connectivity index (χ4v) is 1.89. The molecule has 1 aliphatic heterocycles. The van der Waals surface area contributed by atoms with Crippen molar-refractivity contribution in [2.75, 3.05) is 20.1 Å². The van der Waals surface area contributed by atoms with Gasteiger partial charge in [-0.05, 0) is 33.4 Å². The summed E-state index contributed by atoms with van der Waals surface area (Å²) in [5.74, 6) is -0.705. The molecular weight excluding hydrogens is 180 g/mol. The summed E-state index contributed by atoms with van der Waals surface area (Å²) in [6.07, 6.45) is 2.17. The fraction of sp³-hybridized carbons (Fsp3) is 0.900. The summed E-state index contributed by atoms with van der Waals surface area (Å²) >= 11 is 0. The standard InChI is InChI=1S/C10H20N2O2/c1-8-6-9(7-12(8)2)11-5-3-4-10(13)14/h8-9,11H,3-7H2,1-2H3,(H,13,14). The van der Waals surface area contributed by atoms with E-state index < -0.39 is 5.97 Å². The number of hydrogen-bond donors (Lipinski definition) is 2. The molecule has 0 aromatic heterocycles. The normalized spacial score (nSPS) is 28.1. The largest absolute Gasteiger partial charge is 0.481 e. The van der Waals surface area contributed by atoms with Crippen molar-refractivity contribution < 1.29 is 9.90 Å². The van der Waals surface area contributed by atoms with Gasteiger partial charge in [0.2, 0.25) is 0 Å². The van der Waals surface area contributed by atoms with E-state index in [2.05, 4.69) is 24.2 Å². The van der Waals surface area contributed by atoms with E-state index in [4.69, 9.17) is 5.11 Å². The molecule has 2 atom stereocenters. The van der Waals surface area contributed by atoms with Crippen LogP contribution in [-0.2, 0) is 4.79 Å². The Morgan fingerprint density at radius 2 is 2.36 bits per heavy atom. The Morgan fingerprint density at radius 1 is 1.64 bits per heavy atom. The first kappa shape index (κ1) is 11.5. The van der Waals surface area contributed by atoms with Crippen molar-refractivity contribution in [1.82, 2.24) is 10.2 Å². The smallest absolute Gasteiger partial charge is 0.303 e. The summed E-state index contributed by atoms with van der Waals surface area (Å²) in [5, 5.41) is 11.8. The van der Waals surface area contributed by atoms with Crippen LogP contribution in [0.25, 0.3) is 0 Å². The maximum atomic E-state index is 10.3. The molecule has 0 radical (unpaired) electrons. The van der Waals surface area contributed by atoms with Gasteiger partial charge in [-0.25, -0.2) is 0 Å². The number of rotatable bonds is 5. The molecule has 0 aliphatic carbocycles. The summed E-state index contributed by atoms with van der Waals surface area (Å²) in [7, 11) is 2.13. The Kier molecular flexibility index (Phi) is 4.35. The van der Waals surface area contributed by atoms with Crippen molar-refractivity contribution in [3.8, 4) is 0 Å². The van der Waals surface area contributed by atoms with Gasteiger partial charge in [0, 0.05) is 25.0 Å². The Labute approximate surface area is 85.3 Å². The molecule has 0 amide bonds. The minimum atomic E-state index is -0.705. The summed E-state index contributed by atoms with van der Waals surface area (Å²) in [4.78, 5) is 12.6. The van der Waals surface area contributed by atoms with Crippen molar-refractivity contribution in [2.45, 2.75) is 38.3 Å². The predicted molar refractivity (Wildman–Crippen MR) is 55.4 cm³/mol. The highest BCUT2D eigenvalue weighted by Crippen LogP contribution is 2.14. The second kappa shape index (κ2) is 5.32. The van der Waals surface area contributed by atoms with E-state index in [1.54, 1.807) is 0 Å². The van der Waals surface area contributed by atoms with Crippen molar-refractivity contribution >= 4 is 5.97 Å². The highest BCUT2D eigenvalue weighted by Gasteiger charge is 2.25. The number of likely N-dealkylation sites (tertiary alicyclic amines) is 1. The Morgan fingerprint density at radius 3 is 2.86 bits per heavy atom. The van der Waals surface area contributed by atoms with Crippen LogP contribution in [0.2, 0.25) is 0 Å². The molecule has 0 aromatic carbocycles. The maximum absolute atomic E-state index is 10.3. The van der Waals surface area contributed by atoms with Crippen molar-refractivity contribution in [1.29, 1.82) is 0 Å². The number of nitrogens with one attached hydrogen (secondary N) is 1. The van der Waals surface area contributed by atoms with E-state index in [1.165, 1.54) is 6.42 Å². The van der Waals surface area contributed by atoms with Crippen LogP contribution in [0.3, 0.4) is 0 Å². The van der Waals surface area contributed by atoms with Crippen LogP contribution in [0, 0.1) is 0 Å². The Balaban J connectivity index is 2.06. The lowest BCUT2D eigenvalue weighted by Crippen LogP contribution is -2.32. The molecular formula is C10H20N2O2. The number of hydrogen-bond acceptors (Lipinski definition) is 3. The first-order valence-corrected chi connectivity index (χ1v) is 5.25. The number of aliphatic carboxylic acids is 1. The van der Waals surface area contributed by atoms with E-state index >= 15 is 0 Å². The molecule has 1 rings (SSSR count). The molecule has 4 heteroatoms. The van der Waals surface area contributed by atoms with Crippen molar-refractivity contribution in [3.63, 3.8) is 0 Å². The van der Waals surface area contributed by atoms with Gasteiger partial charge < -0.3 is 15.3 Å². The molecule has 2 N–H and O–H groups in total. The van der Waals surface area contributed by atoms with Crippen LogP contribution in [0.4, 0.5) is 0 Å². The van der Waals surface area contributed by atoms with Gasteiger partial charge in [-0.2, -0.15) is 0 Å². The molecule has 0 aromatic rings. The quantitative estimate of drug-likeness (QED) is 0.636. The molecule has 82 valence electrons. The number of carbonyl (C=O) groups is 1. The Bertz CT molecular complexity index is 187. The van der Waals surface area contributed by atoms with Crippen LogP contribution in [0.5, 0.6) is 0 Å². The van der Waals surface area contributed by atoms with Crippen LogP contribution in [-0.4, -0.2) is 48.2 Å². The SMILES string of the molecule is CC1CC(NCCCC(=O)O)CN1C. The summed E-state index contributed by atoms with van der Waals surface area (Å²) in [6, 6.07) is 1.19. The van der Waals surface area contributed by atoms with Crippen LogP contribution < -0.4 is 5.32 Å². The minimum absolute atomic E-state index is 0.269. The molecule has 1 aliphatic rings. The minimum Gasteiger partial charge on any atom is -0.481 e. The zero-order valence-corrected chi connectivity index (χ0v) is 8.99. The first-order chi connectivity index (χ1) is 6.59. The van der Waals surface area contributed by atoms with Gasteiger partial charge in [-0.15, -0.1) is 0 Å². The molecule has 0 saturated carbocycles. The summed E-state index contributed by atoms with van der Waals surface area (Å²) < 4.78 is 0. The fourth-order valence-electron chi connectivity index (χ4n) is 1.89. The zero-order chi connectivity index (χ0) is 10.6. The zero-order valence-electron chi connectivity index (χ0n) is 8.99. The van der Waals surface area contributed by atoms with Gasteiger partial charge in [0.05, 0.1) is 0 Å². The topological polar surface area (TPSA) is 52.6 Å². The second-order valence-electron chi connectivity index (χ2n) is 4.17. The van der Waals surface area contributed by atoms with Crippen molar-refractivity contribution in [2.24, 2.45) is 0 Å². The van der Waals surface area contributed by atoms with Gasteiger partial charge >= 0.3 is 5.97 Å². The highest BCUT2D eigenvalue weighted by molar-refractivity contribution is 5.66. The third kappa shape index (κ3) is 3.64. The van der Waals surface area contributed by atoms with E-state index in [0.717, 1.165) is 19.5 Å². The number of carboxylic acids is 1. The number of nitrogens with zero attached hydrogens (tertiary/aromatic N) is 1. The van der Waals surface area contributed by atoms with Gasteiger partial charge in [-0.3, -0.25) is 4.79 Å². The highest BCUT2D eigenvalue weighted by atomic mass is 16.4. The lowest BCUT2D eigenvalue weighted by Gasteiger charge is -2.13. The predicted octanol–water partition coefficient (Wildman–Crippen LogP) is 0.533. The maximum Gasteiger partial charge on any atom is 0.303 e. The molecule has 2 unspecified atom stereocenters. The molecule has 1 saturated heterocycles. The summed E-state index contributed by atoms with van der Waals surface area (Å²) in [5.41, 5.74) is 0. The third-order valence-corrected chi connectivity index (χ3v) is 2.89. The average molecular weight is 200 g/mol. The van der Waals surface area contributed by atoms with Crippen LogP contribution in [0.15, 0.2) is 0 Å². The van der Waals surface area contributed by atoms with E-state index in [1.807, 2.05) is 0 Å². The van der Waals surface area contributed by atoms with Crippen LogP contribution in [0.1, 0.15) is 26.2 Å². The van der Waals surface area contributed by atoms with Gasteiger partial charge in [-0.1, -0.05) is 0 Å². The average Bonchev–Trinajstić information content (AvgIpc) is 2.40. The molecule has 1 heterocycles. The Hall–Kier alpha value is -0.610. The van der Waals surface area contributed by atoms with Crippen LogP contribution >= 0.6 is 0 Å². The number of likely N-dealkylation sites (N-methyl/N-ethyl adjacent to an activating group) is 1. The van der Waals surface area contributed by atoms with Gasteiger partial charge in [0.1, 0.15) is 0 Å². The van der Waals surface area contributed by atoms with Gasteiger partial charge in [0.15, 0.2) is 0 Å². The lowest BCUT2D eigenvalue weighted by atomic mass is 10.2. The molecule has 0 spiro atoms. The molecule has 1 fully saturated rings. The van der Waals surface area contributed by atoms with E-state index in [-0.39, 0.29) is 6.42 Å². The second-order valence-corrected chi connectivity index (χ2v) is 4.17.